The van der Waals surface area contributed by atoms with Gasteiger partial charge in [0.1, 0.15) is 28.7 Å². The number of hydrogen-bond donors (Lipinski definition) is 2. The highest BCUT2D eigenvalue weighted by atomic mass is 19.4. The average molecular weight is 569 g/mol. The Bertz CT molecular complexity index is 1630. The van der Waals surface area contributed by atoms with Gasteiger partial charge < -0.3 is 20.9 Å². The van der Waals surface area contributed by atoms with Crippen LogP contribution in [0, 0.1) is 11.2 Å². The highest BCUT2D eigenvalue weighted by molar-refractivity contribution is 6.04. The van der Waals surface area contributed by atoms with Crippen LogP contribution in [0.15, 0.2) is 48.9 Å². The first-order valence-electron chi connectivity index (χ1n) is 13.2. The minimum atomic E-state index is -4.60. The first-order chi connectivity index (χ1) is 19.5. The number of carbonyl (C=O) groups excluding carboxylic acids is 1. The largest absolute Gasteiger partial charge is 0.416 e. The van der Waals surface area contributed by atoms with Crippen LogP contribution in [0.1, 0.15) is 35.2 Å². The quantitative estimate of drug-likeness (QED) is 0.344. The molecule has 0 bridgehead atoms. The van der Waals surface area contributed by atoms with E-state index in [2.05, 4.69) is 32.1 Å². The van der Waals surface area contributed by atoms with Crippen molar-refractivity contribution in [1.29, 1.82) is 0 Å². The lowest BCUT2D eigenvalue weighted by atomic mass is 9.78. The van der Waals surface area contributed by atoms with Crippen LogP contribution in [0.4, 0.5) is 35.1 Å². The van der Waals surface area contributed by atoms with Gasteiger partial charge in [0.2, 0.25) is 5.95 Å². The molecule has 41 heavy (non-hydrogen) atoms. The Morgan fingerprint density at radius 3 is 2.49 bits per heavy atom. The van der Waals surface area contributed by atoms with Gasteiger partial charge in [-0.2, -0.15) is 13.2 Å². The summed E-state index contributed by atoms with van der Waals surface area (Å²) in [6, 6.07) is 5.30. The normalized spacial score (nSPS) is 17.4. The summed E-state index contributed by atoms with van der Waals surface area (Å²) in [7, 11) is 2.15. The number of imidazole rings is 1. The minimum absolute atomic E-state index is 0.0943. The third-order valence-electron chi connectivity index (χ3n) is 8.12. The molecule has 2 saturated heterocycles. The number of aromatic nitrogens is 4. The van der Waals surface area contributed by atoms with Gasteiger partial charge in [-0.05, 0) is 68.6 Å². The summed E-state index contributed by atoms with van der Waals surface area (Å²) in [5.74, 6) is -1.02. The van der Waals surface area contributed by atoms with Crippen molar-refractivity contribution in [3.63, 3.8) is 0 Å². The van der Waals surface area contributed by atoms with Crippen molar-refractivity contribution in [3.8, 4) is 11.3 Å². The molecule has 2 aliphatic heterocycles. The van der Waals surface area contributed by atoms with Gasteiger partial charge in [0.15, 0.2) is 0 Å². The molecular formula is C28H28F4N8O. The molecule has 1 amide bonds. The summed E-state index contributed by atoms with van der Waals surface area (Å²) >= 11 is 0. The molecule has 2 aliphatic rings. The van der Waals surface area contributed by atoms with Crippen molar-refractivity contribution in [3.05, 3.63) is 65.9 Å². The molecule has 6 rings (SSSR count). The van der Waals surface area contributed by atoms with E-state index in [0.717, 1.165) is 57.4 Å². The highest BCUT2D eigenvalue weighted by Gasteiger charge is 2.40. The number of halogens is 4. The van der Waals surface area contributed by atoms with Gasteiger partial charge in [-0.25, -0.2) is 19.3 Å². The van der Waals surface area contributed by atoms with E-state index in [1.54, 1.807) is 12.4 Å². The maximum atomic E-state index is 15.5. The van der Waals surface area contributed by atoms with E-state index in [9.17, 15) is 18.0 Å². The Hall–Kier alpha value is -4.26. The summed E-state index contributed by atoms with van der Waals surface area (Å²) in [6.45, 7) is 3.79. The average Bonchev–Trinajstić information content (AvgIpc) is 3.50. The lowest BCUT2D eigenvalue weighted by Gasteiger charge is -2.39. The number of fused-ring (bicyclic) bond motifs is 1. The Morgan fingerprint density at radius 1 is 1.05 bits per heavy atom. The van der Waals surface area contributed by atoms with Crippen molar-refractivity contribution >= 4 is 29.0 Å². The number of nitrogens with zero attached hydrogens (tertiary/aromatic N) is 6. The number of piperidine rings is 1. The molecule has 1 aromatic carbocycles. The summed E-state index contributed by atoms with van der Waals surface area (Å²) in [5.41, 5.74) is 6.35. The van der Waals surface area contributed by atoms with Gasteiger partial charge in [0.25, 0.3) is 5.91 Å². The lowest BCUT2D eigenvalue weighted by Crippen LogP contribution is -2.42. The lowest BCUT2D eigenvalue weighted by molar-refractivity contribution is -0.137. The number of nitrogen functional groups attached to an aromatic ring is 1. The number of carbonyl (C=O) groups is 1. The third-order valence-corrected chi connectivity index (χ3v) is 8.12. The van der Waals surface area contributed by atoms with Crippen LogP contribution in [0.3, 0.4) is 0 Å². The van der Waals surface area contributed by atoms with E-state index in [0.29, 0.717) is 22.9 Å². The highest BCUT2D eigenvalue weighted by Crippen LogP contribution is 2.42. The Kier molecular flexibility index (Phi) is 6.56. The minimum Gasteiger partial charge on any atom is -0.382 e. The Labute approximate surface area is 233 Å². The predicted molar refractivity (Wildman–Crippen MR) is 146 cm³/mol. The zero-order valence-corrected chi connectivity index (χ0v) is 22.2. The molecule has 0 saturated carbocycles. The van der Waals surface area contributed by atoms with E-state index < -0.39 is 23.5 Å². The van der Waals surface area contributed by atoms with Crippen molar-refractivity contribution in [2.24, 2.45) is 5.41 Å². The van der Waals surface area contributed by atoms with E-state index in [1.165, 1.54) is 18.6 Å². The van der Waals surface area contributed by atoms with Crippen LogP contribution in [-0.2, 0) is 6.18 Å². The third kappa shape index (κ3) is 5.05. The van der Waals surface area contributed by atoms with E-state index in [1.807, 2.05) is 4.40 Å². The van der Waals surface area contributed by atoms with Gasteiger partial charge in [0.05, 0.1) is 5.56 Å². The fourth-order valence-corrected chi connectivity index (χ4v) is 5.92. The number of nitrogens with one attached hydrogen (secondary N) is 1. The molecule has 0 unspecified atom stereocenters. The maximum absolute atomic E-state index is 15.5. The fourth-order valence-electron chi connectivity index (χ4n) is 5.92. The van der Waals surface area contributed by atoms with Gasteiger partial charge in [-0.15, -0.1) is 0 Å². The molecule has 0 atom stereocenters. The fraction of sp³-hybridized carbons (Fsp3) is 0.357. The SMILES string of the molecule is CN1CCC2(CCN(c3nc(-c4ccc(C(=O)Nc5cc(C(F)(F)F)ccn5)cc4F)c4c(N)nccn34)CC2)C1. The molecule has 2 fully saturated rings. The van der Waals surface area contributed by atoms with Crippen LogP contribution in [-0.4, -0.2) is 63.4 Å². The first kappa shape index (κ1) is 26.9. The van der Waals surface area contributed by atoms with Gasteiger partial charge >= 0.3 is 6.18 Å². The number of nitrogens with two attached hydrogens (primary N) is 1. The van der Waals surface area contributed by atoms with E-state index in [-0.39, 0.29) is 28.5 Å². The topological polar surface area (TPSA) is 105 Å². The summed E-state index contributed by atoms with van der Waals surface area (Å²) < 4.78 is 56.4. The van der Waals surface area contributed by atoms with Gasteiger partial charge in [0, 0.05) is 49.4 Å². The summed E-state index contributed by atoms with van der Waals surface area (Å²) in [6.07, 6.45) is 2.89. The van der Waals surface area contributed by atoms with Crippen LogP contribution < -0.4 is 16.0 Å². The monoisotopic (exact) mass is 568 g/mol. The summed E-state index contributed by atoms with van der Waals surface area (Å²) in [5, 5.41) is 2.29. The zero-order chi connectivity index (χ0) is 28.9. The molecule has 1 spiro atoms. The summed E-state index contributed by atoms with van der Waals surface area (Å²) in [4.78, 5) is 30.0. The molecular weight excluding hydrogens is 540 g/mol. The number of hydrogen-bond acceptors (Lipinski definition) is 7. The van der Waals surface area contributed by atoms with E-state index in [4.69, 9.17) is 10.7 Å². The van der Waals surface area contributed by atoms with Crippen LogP contribution in [0.25, 0.3) is 16.8 Å². The number of anilines is 3. The van der Waals surface area contributed by atoms with Crippen LogP contribution in [0.2, 0.25) is 0 Å². The van der Waals surface area contributed by atoms with Crippen molar-refractivity contribution in [2.75, 3.05) is 49.2 Å². The number of rotatable bonds is 4. The maximum Gasteiger partial charge on any atom is 0.416 e. The van der Waals surface area contributed by atoms with Crippen LogP contribution >= 0.6 is 0 Å². The zero-order valence-electron chi connectivity index (χ0n) is 22.2. The van der Waals surface area contributed by atoms with E-state index >= 15 is 4.39 Å². The number of alkyl halides is 3. The van der Waals surface area contributed by atoms with Crippen molar-refractivity contribution in [2.45, 2.75) is 25.4 Å². The molecule has 5 heterocycles. The van der Waals surface area contributed by atoms with Gasteiger partial charge in [-0.3, -0.25) is 9.20 Å². The molecule has 3 aromatic heterocycles. The first-order valence-corrected chi connectivity index (χ1v) is 13.2. The molecule has 0 aliphatic carbocycles. The second-order valence-corrected chi connectivity index (χ2v) is 10.8. The molecule has 214 valence electrons. The molecule has 3 N–H and O–H groups in total. The second-order valence-electron chi connectivity index (χ2n) is 10.8. The number of likely N-dealkylation sites (tertiary alicyclic amines) is 1. The van der Waals surface area contributed by atoms with Gasteiger partial charge in [-0.1, -0.05) is 0 Å². The Morgan fingerprint density at radius 2 is 1.80 bits per heavy atom. The standard InChI is InChI=1S/C28H28F4N8O/c1-38-10-5-27(16-38)6-11-39(12-7-27)26-37-22(23-24(33)35-9-13-40(23)26)19-3-2-17(14-20(19)29)25(41)36-21-15-18(4-8-34-21)28(30,31)32/h2-4,8-9,13-15H,5-7,10-12,16H2,1H3,(H2,33,35)(H,34,36,41). The molecule has 0 radical (unpaired) electrons. The second kappa shape index (κ2) is 9.98. The van der Waals surface area contributed by atoms with Crippen molar-refractivity contribution in [1.82, 2.24) is 24.3 Å². The number of pyridine rings is 1. The smallest absolute Gasteiger partial charge is 0.382 e. The molecule has 13 heteroatoms. The number of benzene rings is 1. The van der Waals surface area contributed by atoms with Crippen LogP contribution in [0.5, 0.6) is 0 Å². The number of amides is 1. The molecule has 9 nitrogen and oxygen atoms in total. The predicted octanol–water partition coefficient (Wildman–Crippen LogP) is 4.71. The Balaban J connectivity index is 1.28. The molecule has 4 aromatic rings. The van der Waals surface area contributed by atoms with Crippen molar-refractivity contribution < 1.29 is 22.4 Å².